The van der Waals surface area contributed by atoms with Crippen LogP contribution in [-0.2, 0) is 14.3 Å². The van der Waals surface area contributed by atoms with E-state index in [1.165, 1.54) is 142 Å². The lowest BCUT2D eigenvalue weighted by Crippen LogP contribution is -2.27. The number of rotatable bonds is 43. The van der Waals surface area contributed by atoms with Crippen molar-refractivity contribution in [1.82, 2.24) is 4.90 Å². The number of nitrogens with zero attached hydrogens (tertiary/aromatic N) is 1. The summed E-state index contributed by atoms with van der Waals surface area (Å²) in [6.45, 7) is 14.0. The monoisotopic (exact) mass is 740 g/mol. The van der Waals surface area contributed by atoms with Gasteiger partial charge in [-0.2, -0.15) is 0 Å². The lowest BCUT2D eigenvalue weighted by Gasteiger charge is -2.23. The van der Waals surface area contributed by atoms with Crippen LogP contribution in [0.15, 0.2) is 0 Å². The van der Waals surface area contributed by atoms with Gasteiger partial charge in [-0.15, -0.1) is 0 Å². The number of carbonyl (C=O) groups is 1. The van der Waals surface area contributed by atoms with Crippen molar-refractivity contribution in [3.05, 3.63) is 0 Å². The van der Waals surface area contributed by atoms with Crippen LogP contribution in [0.2, 0.25) is 0 Å². The van der Waals surface area contributed by atoms with Crippen molar-refractivity contribution in [2.45, 2.75) is 239 Å². The zero-order valence-corrected chi connectivity index (χ0v) is 35.7. The molecule has 6 nitrogen and oxygen atoms in total. The summed E-state index contributed by atoms with van der Waals surface area (Å²) in [6.07, 6.45) is 37.4. The van der Waals surface area contributed by atoms with Gasteiger partial charge in [0.15, 0.2) is 6.29 Å². The summed E-state index contributed by atoms with van der Waals surface area (Å²) in [5.41, 5.74) is 0. The fraction of sp³-hybridized carbons (Fsp3) is 0.978. The van der Waals surface area contributed by atoms with Gasteiger partial charge in [0.2, 0.25) is 0 Å². The molecule has 52 heavy (non-hydrogen) atoms. The predicted octanol–water partition coefficient (Wildman–Crippen LogP) is 13.0. The zero-order valence-electron chi connectivity index (χ0n) is 35.7. The molecule has 0 aliphatic heterocycles. The summed E-state index contributed by atoms with van der Waals surface area (Å²) in [7, 11) is 0. The van der Waals surface area contributed by atoms with Crippen LogP contribution in [0.1, 0.15) is 233 Å². The zero-order chi connectivity index (χ0) is 38.2. The maximum absolute atomic E-state index is 12.7. The molecule has 0 aromatic carbocycles. The van der Waals surface area contributed by atoms with Gasteiger partial charge in [-0.25, -0.2) is 0 Å². The third-order valence-electron chi connectivity index (χ3n) is 11.1. The molecule has 0 saturated carbocycles. The van der Waals surface area contributed by atoms with Gasteiger partial charge in [-0.3, -0.25) is 4.79 Å². The third-order valence-corrected chi connectivity index (χ3v) is 11.1. The molecule has 0 radical (unpaired) electrons. The molecule has 0 aliphatic carbocycles. The van der Waals surface area contributed by atoms with Crippen LogP contribution in [0.4, 0.5) is 0 Å². The van der Waals surface area contributed by atoms with Crippen molar-refractivity contribution in [3.8, 4) is 0 Å². The molecule has 0 aromatic heterocycles. The largest absolute Gasteiger partial charge is 0.465 e. The van der Waals surface area contributed by atoms with Crippen LogP contribution < -0.4 is 0 Å². The summed E-state index contributed by atoms with van der Waals surface area (Å²) in [4.78, 5) is 15.3. The molecule has 0 rings (SSSR count). The number of hydrogen-bond acceptors (Lipinski definition) is 6. The smallest absolute Gasteiger partial charge is 0.308 e. The SMILES string of the molecule is CCCCCCC(CCCC)C(=O)OCCCCCCCCCN(CCCCO)CCCCCCCCCOC(O)C(CCCC)CCCCCC. The quantitative estimate of drug-likeness (QED) is 0.0368. The summed E-state index contributed by atoms with van der Waals surface area (Å²) in [5, 5.41) is 19.9. The van der Waals surface area contributed by atoms with Crippen molar-refractivity contribution in [2.24, 2.45) is 11.8 Å². The van der Waals surface area contributed by atoms with Crippen molar-refractivity contribution in [2.75, 3.05) is 39.5 Å². The Labute approximate surface area is 325 Å². The number of aliphatic hydroxyl groups is 2. The van der Waals surface area contributed by atoms with Gasteiger partial charge in [0.1, 0.15) is 0 Å². The van der Waals surface area contributed by atoms with E-state index in [1.54, 1.807) is 0 Å². The van der Waals surface area contributed by atoms with Crippen LogP contribution >= 0.6 is 0 Å². The molecule has 0 amide bonds. The first-order chi connectivity index (χ1) is 25.5. The number of unbranched alkanes of at least 4 members (excludes halogenated alkanes) is 21. The topological polar surface area (TPSA) is 79.2 Å². The highest BCUT2D eigenvalue weighted by Gasteiger charge is 2.20. The average Bonchev–Trinajstić information content (AvgIpc) is 3.15. The molecular weight excluding hydrogens is 647 g/mol. The molecule has 3 unspecified atom stereocenters. The van der Waals surface area contributed by atoms with Gasteiger partial charge in [0, 0.05) is 19.1 Å². The predicted molar refractivity (Wildman–Crippen MR) is 224 cm³/mol. The lowest BCUT2D eigenvalue weighted by molar-refractivity contribution is -0.149. The average molecular weight is 740 g/mol. The van der Waals surface area contributed by atoms with Crippen LogP contribution in [0.5, 0.6) is 0 Å². The third kappa shape index (κ3) is 33.8. The van der Waals surface area contributed by atoms with Crippen molar-refractivity contribution in [1.29, 1.82) is 0 Å². The van der Waals surface area contributed by atoms with E-state index >= 15 is 0 Å². The molecule has 6 heteroatoms. The van der Waals surface area contributed by atoms with Gasteiger partial charge < -0.3 is 24.6 Å². The van der Waals surface area contributed by atoms with E-state index in [4.69, 9.17) is 9.47 Å². The Morgan fingerprint density at radius 2 is 0.885 bits per heavy atom. The van der Waals surface area contributed by atoms with E-state index in [-0.39, 0.29) is 11.9 Å². The lowest BCUT2D eigenvalue weighted by atomic mass is 9.94. The highest BCUT2D eigenvalue weighted by atomic mass is 16.6. The first kappa shape index (κ1) is 51.3. The highest BCUT2D eigenvalue weighted by Crippen LogP contribution is 2.23. The molecule has 3 atom stereocenters. The Hall–Kier alpha value is -0.690. The Morgan fingerprint density at radius 1 is 0.481 bits per heavy atom. The molecule has 2 N–H and O–H groups in total. The van der Waals surface area contributed by atoms with E-state index in [2.05, 4.69) is 32.6 Å². The summed E-state index contributed by atoms with van der Waals surface area (Å²) in [6, 6.07) is 0. The standard InChI is InChI=1S/C46H93NO5/c1-5-9-13-25-35-43(33-11-7-3)45(49)51-41-31-23-19-15-17-21-27-37-47(39-29-30-40-48)38-28-22-18-16-20-24-32-42-52-46(50)44(34-12-8-4)36-26-14-10-6-2/h43-45,48-49H,5-42H2,1-4H3. The number of aliphatic hydroxyl groups excluding tert-OH is 2. The van der Waals surface area contributed by atoms with Gasteiger partial charge in [0.25, 0.3) is 0 Å². The van der Waals surface area contributed by atoms with Crippen LogP contribution in [0, 0.1) is 11.8 Å². The normalized spacial score (nSPS) is 13.5. The molecule has 312 valence electrons. The number of hydrogen-bond donors (Lipinski definition) is 2. The minimum Gasteiger partial charge on any atom is -0.465 e. The fourth-order valence-corrected chi connectivity index (χ4v) is 7.43. The van der Waals surface area contributed by atoms with Gasteiger partial charge in [-0.1, -0.05) is 169 Å². The van der Waals surface area contributed by atoms with E-state index in [1.807, 2.05) is 0 Å². The second kappa shape index (κ2) is 41.5. The van der Waals surface area contributed by atoms with Gasteiger partial charge >= 0.3 is 5.97 Å². The molecule has 0 spiro atoms. The summed E-state index contributed by atoms with van der Waals surface area (Å²) in [5.74, 6) is 0.473. The number of esters is 1. The van der Waals surface area contributed by atoms with Gasteiger partial charge in [0.05, 0.1) is 12.5 Å². The Balaban J connectivity index is 3.98. The van der Waals surface area contributed by atoms with Crippen LogP contribution in [-0.4, -0.2) is 66.8 Å². The fourth-order valence-electron chi connectivity index (χ4n) is 7.43. The van der Waals surface area contributed by atoms with E-state index in [0.717, 1.165) is 83.6 Å². The van der Waals surface area contributed by atoms with Crippen LogP contribution in [0.25, 0.3) is 0 Å². The molecule has 0 fully saturated rings. The Bertz CT molecular complexity index is 706. The Kier molecular flexibility index (Phi) is 40.9. The molecule has 0 bridgehead atoms. The molecule has 0 saturated heterocycles. The summed E-state index contributed by atoms with van der Waals surface area (Å²) < 4.78 is 11.6. The van der Waals surface area contributed by atoms with E-state index in [9.17, 15) is 15.0 Å². The van der Waals surface area contributed by atoms with Crippen molar-refractivity contribution >= 4 is 5.97 Å². The molecule has 0 aliphatic rings. The molecule has 0 heterocycles. The Morgan fingerprint density at radius 3 is 1.42 bits per heavy atom. The first-order valence-electron chi connectivity index (χ1n) is 23.3. The maximum atomic E-state index is 12.7. The minimum absolute atomic E-state index is 0.0569. The number of ether oxygens (including phenoxy) is 2. The molecule has 0 aromatic rings. The van der Waals surface area contributed by atoms with Crippen molar-refractivity contribution < 1.29 is 24.5 Å². The van der Waals surface area contributed by atoms with Crippen molar-refractivity contribution in [3.63, 3.8) is 0 Å². The first-order valence-corrected chi connectivity index (χ1v) is 23.3. The number of carbonyl (C=O) groups excluding carboxylic acids is 1. The van der Waals surface area contributed by atoms with E-state index in [0.29, 0.717) is 25.7 Å². The second-order valence-electron chi connectivity index (χ2n) is 16.1. The summed E-state index contributed by atoms with van der Waals surface area (Å²) >= 11 is 0. The maximum Gasteiger partial charge on any atom is 0.308 e. The second-order valence-corrected chi connectivity index (χ2v) is 16.1. The van der Waals surface area contributed by atoms with Crippen LogP contribution in [0.3, 0.4) is 0 Å². The van der Waals surface area contributed by atoms with E-state index < -0.39 is 6.29 Å². The van der Waals surface area contributed by atoms with Gasteiger partial charge in [-0.05, 0) is 83.8 Å². The molecular formula is C46H93NO5. The minimum atomic E-state index is -0.583. The highest BCUT2D eigenvalue weighted by molar-refractivity contribution is 5.72.